The average Bonchev–Trinajstić information content (AvgIpc) is 2.84. The van der Waals surface area contributed by atoms with Gasteiger partial charge in [0.15, 0.2) is 0 Å². The topological polar surface area (TPSA) is 67.9 Å². The van der Waals surface area contributed by atoms with Crippen LogP contribution in [0.5, 0.6) is 11.5 Å². The number of nitrogens with zero attached hydrogens (tertiary/aromatic N) is 1. The van der Waals surface area contributed by atoms with Crippen molar-refractivity contribution in [2.75, 3.05) is 18.6 Å². The number of methoxy groups -OCH3 is 1. The summed E-state index contributed by atoms with van der Waals surface area (Å²) in [6.07, 6.45) is 0.409. The third kappa shape index (κ3) is 4.42. The smallest absolute Gasteiger partial charge is 0.259 e. The summed E-state index contributed by atoms with van der Waals surface area (Å²) in [5, 5.41) is 3.03. The second kappa shape index (κ2) is 9.36. The van der Waals surface area contributed by atoms with Crippen LogP contribution in [-0.4, -0.2) is 31.1 Å². The summed E-state index contributed by atoms with van der Waals surface area (Å²) in [6, 6.07) is 22.3. The van der Waals surface area contributed by atoms with Gasteiger partial charge in [-0.3, -0.25) is 14.5 Å². The molecule has 3 aromatic rings. The molecule has 4 rings (SSSR count). The molecule has 1 heterocycles. The van der Waals surface area contributed by atoms with Crippen LogP contribution in [0.25, 0.3) is 0 Å². The van der Waals surface area contributed by atoms with Gasteiger partial charge in [0.2, 0.25) is 5.91 Å². The number of rotatable bonds is 7. The summed E-state index contributed by atoms with van der Waals surface area (Å²) in [5.41, 5.74) is 1.95. The lowest BCUT2D eigenvalue weighted by Crippen LogP contribution is -2.63. The van der Waals surface area contributed by atoms with Crippen molar-refractivity contribution in [3.63, 3.8) is 0 Å². The highest BCUT2D eigenvalue weighted by Crippen LogP contribution is 2.36. The Balaban J connectivity index is 1.67. The Morgan fingerprint density at radius 3 is 2.52 bits per heavy atom. The van der Waals surface area contributed by atoms with Gasteiger partial charge >= 0.3 is 0 Å². The molecule has 0 aromatic heterocycles. The summed E-state index contributed by atoms with van der Waals surface area (Å²) in [5.74, 6) is 1.03. The van der Waals surface area contributed by atoms with E-state index >= 15 is 0 Å². The van der Waals surface area contributed by atoms with E-state index in [4.69, 9.17) is 9.47 Å². The lowest BCUT2D eigenvalue weighted by Gasteiger charge is -2.44. The molecule has 0 unspecified atom stereocenters. The molecule has 0 fully saturated rings. The normalized spacial score (nSPS) is 17.3. The lowest BCUT2D eigenvalue weighted by molar-refractivity contribution is -0.126. The van der Waals surface area contributed by atoms with Gasteiger partial charge in [-0.25, -0.2) is 0 Å². The van der Waals surface area contributed by atoms with Gasteiger partial charge in [0, 0.05) is 24.2 Å². The SMILES string of the molecule is CCOc1ccc(N2C(=O)c3ccccc3C[C@]2(C)C(=O)NCc2cccc(OC)c2)cc1. The number of ether oxygens (including phenoxy) is 2. The molecule has 0 saturated carbocycles. The number of nitrogens with one attached hydrogen (secondary N) is 1. The van der Waals surface area contributed by atoms with Crippen molar-refractivity contribution < 1.29 is 19.1 Å². The van der Waals surface area contributed by atoms with Gasteiger partial charge in [0.1, 0.15) is 17.0 Å². The first-order valence-corrected chi connectivity index (χ1v) is 11.0. The van der Waals surface area contributed by atoms with Crippen LogP contribution in [0.3, 0.4) is 0 Å². The van der Waals surface area contributed by atoms with Crippen molar-refractivity contribution >= 4 is 17.5 Å². The Hall–Kier alpha value is -3.80. The van der Waals surface area contributed by atoms with Gasteiger partial charge < -0.3 is 14.8 Å². The second-order valence-corrected chi connectivity index (χ2v) is 8.21. The van der Waals surface area contributed by atoms with Crippen molar-refractivity contribution in [2.24, 2.45) is 0 Å². The van der Waals surface area contributed by atoms with E-state index in [9.17, 15) is 9.59 Å². The number of hydrogen-bond donors (Lipinski definition) is 1. The Bertz CT molecular complexity index is 1160. The summed E-state index contributed by atoms with van der Waals surface area (Å²) >= 11 is 0. The average molecular weight is 445 g/mol. The maximum Gasteiger partial charge on any atom is 0.259 e. The summed E-state index contributed by atoms with van der Waals surface area (Å²) < 4.78 is 10.8. The quantitative estimate of drug-likeness (QED) is 0.588. The molecule has 6 heteroatoms. The predicted octanol–water partition coefficient (Wildman–Crippen LogP) is 4.37. The van der Waals surface area contributed by atoms with Crippen LogP contribution in [0, 0.1) is 0 Å². The van der Waals surface area contributed by atoms with E-state index in [0.717, 1.165) is 22.6 Å². The van der Waals surface area contributed by atoms with Gasteiger partial charge in [0.25, 0.3) is 5.91 Å². The molecule has 1 atom stereocenters. The van der Waals surface area contributed by atoms with E-state index in [0.29, 0.717) is 30.8 Å². The van der Waals surface area contributed by atoms with Gasteiger partial charge in [-0.2, -0.15) is 0 Å². The van der Waals surface area contributed by atoms with Crippen LogP contribution >= 0.6 is 0 Å². The summed E-state index contributed by atoms with van der Waals surface area (Å²) in [6.45, 7) is 4.62. The molecule has 0 radical (unpaired) electrons. The molecule has 1 N–H and O–H groups in total. The first kappa shape index (κ1) is 22.4. The molecule has 0 aliphatic carbocycles. The van der Waals surface area contributed by atoms with Crippen LogP contribution in [0.4, 0.5) is 5.69 Å². The summed E-state index contributed by atoms with van der Waals surface area (Å²) in [7, 11) is 1.61. The van der Waals surface area contributed by atoms with E-state index in [2.05, 4.69) is 5.32 Å². The molecular formula is C27H28N2O4. The molecule has 0 bridgehead atoms. The molecule has 1 aliphatic rings. The zero-order valence-electron chi connectivity index (χ0n) is 19.1. The molecule has 6 nitrogen and oxygen atoms in total. The molecule has 1 aliphatic heterocycles. The number of amides is 2. The highest BCUT2D eigenvalue weighted by atomic mass is 16.5. The third-order valence-corrected chi connectivity index (χ3v) is 5.96. The number of fused-ring (bicyclic) bond motifs is 1. The highest BCUT2D eigenvalue weighted by Gasteiger charge is 2.47. The number of hydrogen-bond acceptors (Lipinski definition) is 4. The largest absolute Gasteiger partial charge is 0.497 e. The Morgan fingerprint density at radius 1 is 1.03 bits per heavy atom. The number of carbonyl (C=O) groups excluding carboxylic acids is 2. The molecular weight excluding hydrogens is 416 g/mol. The number of carbonyl (C=O) groups is 2. The van der Waals surface area contributed by atoms with Crippen LogP contribution in [0.2, 0.25) is 0 Å². The van der Waals surface area contributed by atoms with Crippen molar-refractivity contribution in [3.05, 3.63) is 89.5 Å². The first-order chi connectivity index (χ1) is 16.0. The van der Waals surface area contributed by atoms with Crippen LogP contribution in [0.15, 0.2) is 72.8 Å². The summed E-state index contributed by atoms with van der Waals surface area (Å²) in [4.78, 5) is 28.8. The Kier molecular flexibility index (Phi) is 6.36. The zero-order valence-corrected chi connectivity index (χ0v) is 19.1. The van der Waals surface area contributed by atoms with Crippen molar-refractivity contribution in [1.82, 2.24) is 5.32 Å². The fourth-order valence-electron chi connectivity index (χ4n) is 4.27. The van der Waals surface area contributed by atoms with E-state index in [1.165, 1.54) is 0 Å². The monoisotopic (exact) mass is 444 g/mol. The van der Waals surface area contributed by atoms with E-state index in [1.54, 1.807) is 12.0 Å². The van der Waals surface area contributed by atoms with E-state index < -0.39 is 5.54 Å². The minimum Gasteiger partial charge on any atom is -0.497 e. The predicted molar refractivity (Wildman–Crippen MR) is 128 cm³/mol. The number of benzene rings is 3. The minimum atomic E-state index is -1.10. The van der Waals surface area contributed by atoms with Gasteiger partial charge in [0.05, 0.1) is 13.7 Å². The molecule has 2 amide bonds. The van der Waals surface area contributed by atoms with Gasteiger partial charge in [-0.15, -0.1) is 0 Å². The van der Waals surface area contributed by atoms with E-state index in [1.807, 2.05) is 86.6 Å². The highest BCUT2D eigenvalue weighted by molar-refractivity contribution is 6.14. The van der Waals surface area contributed by atoms with E-state index in [-0.39, 0.29) is 11.8 Å². The van der Waals surface area contributed by atoms with Crippen LogP contribution in [-0.2, 0) is 17.8 Å². The fourth-order valence-corrected chi connectivity index (χ4v) is 4.27. The molecule has 0 spiro atoms. The molecule has 33 heavy (non-hydrogen) atoms. The maximum absolute atomic E-state index is 13.6. The lowest BCUT2D eigenvalue weighted by atomic mass is 9.82. The molecule has 3 aromatic carbocycles. The van der Waals surface area contributed by atoms with Crippen LogP contribution < -0.4 is 19.7 Å². The van der Waals surface area contributed by atoms with Crippen molar-refractivity contribution in [1.29, 1.82) is 0 Å². The van der Waals surface area contributed by atoms with Crippen molar-refractivity contribution in [3.8, 4) is 11.5 Å². The second-order valence-electron chi connectivity index (χ2n) is 8.21. The maximum atomic E-state index is 13.6. The Labute approximate surface area is 194 Å². The molecule has 170 valence electrons. The third-order valence-electron chi connectivity index (χ3n) is 5.96. The molecule has 0 saturated heterocycles. The number of anilines is 1. The Morgan fingerprint density at radius 2 is 1.79 bits per heavy atom. The van der Waals surface area contributed by atoms with Gasteiger partial charge in [-0.05, 0) is 67.4 Å². The van der Waals surface area contributed by atoms with Crippen molar-refractivity contribution in [2.45, 2.75) is 32.4 Å². The van der Waals surface area contributed by atoms with Gasteiger partial charge in [-0.1, -0.05) is 30.3 Å². The first-order valence-electron chi connectivity index (χ1n) is 11.0. The standard InChI is InChI=1S/C27H28N2O4/c1-4-33-22-14-12-21(13-15-22)29-25(30)24-11-6-5-9-20(24)17-27(29,2)26(31)28-18-19-8-7-10-23(16-19)32-3/h5-16H,4,17-18H2,1-3H3,(H,28,31)/t27-/m1/s1. The fraction of sp³-hybridized carbons (Fsp3) is 0.259. The zero-order chi connectivity index (χ0) is 23.4. The minimum absolute atomic E-state index is 0.194. The van der Waals surface area contributed by atoms with Crippen LogP contribution in [0.1, 0.15) is 35.3 Å².